The number of hydrogen-bond acceptors (Lipinski definition) is 2. The van der Waals surface area contributed by atoms with Crippen molar-refractivity contribution < 1.29 is 0 Å². The molecule has 0 unspecified atom stereocenters. The van der Waals surface area contributed by atoms with E-state index in [1.54, 1.807) is 0 Å². The second kappa shape index (κ2) is 3.59. The van der Waals surface area contributed by atoms with Crippen LogP contribution in [-0.2, 0) is 0 Å². The van der Waals surface area contributed by atoms with E-state index in [0.29, 0.717) is 0 Å². The number of halogens is 2. The van der Waals surface area contributed by atoms with Gasteiger partial charge in [-0.15, -0.1) is 5.10 Å². The first-order valence-electron chi connectivity index (χ1n) is 3.60. The number of hydrogen-bond donors (Lipinski definition) is 1. The molecular formula is C8H5Br2N3. The van der Waals surface area contributed by atoms with Gasteiger partial charge in [0.1, 0.15) is 5.69 Å². The van der Waals surface area contributed by atoms with Crippen molar-refractivity contribution in [2.75, 3.05) is 0 Å². The van der Waals surface area contributed by atoms with Crippen LogP contribution in [0, 0.1) is 0 Å². The maximum absolute atomic E-state index is 4.03. The Hall–Kier alpha value is -0.680. The van der Waals surface area contributed by atoms with E-state index in [1.807, 2.05) is 24.3 Å². The minimum Gasteiger partial charge on any atom is -0.196 e. The fourth-order valence-electron chi connectivity index (χ4n) is 1.04. The van der Waals surface area contributed by atoms with Crippen molar-refractivity contribution in [3.63, 3.8) is 0 Å². The van der Waals surface area contributed by atoms with Crippen molar-refractivity contribution in [2.45, 2.75) is 0 Å². The summed E-state index contributed by atoms with van der Waals surface area (Å²) >= 11 is 6.76. The van der Waals surface area contributed by atoms with Gasteiger partial charge in [0.15, 0.2) is 4.60 Å². The monoisotopic (exact) mass is 301 g/mol. The van der Waals surface area contributed by atoms with Crippen LogP contribution in [0.15, 0.2) is 33.3 Å². The summed E-state index contributed by atoms with van der Waals surface area (Å²) in [4.78, 5) is 0. The number of nitrogens with one attached hydrogen (secondary N) is 1. The van der Waals surface area contributed by atoms with Crippen molar-refractivity contribution in [1.82, 2.24) is 15.4 Å². The highest BCUT2D eigenvalue weighted by atomic mass is 79.9. The van der Waals surface area contributed by atoms with Crippen LogP contribution >= 0.6 is 31.9 Å². The van der Waals surface area contributed by atoms with E-state index < -0.39 is 0 Å². The fourth-order valence-corrected chi connectivity index (χ4v) is 1.90. The van der Waals surface area contributed by atoms with Crippen LogP contribution in [0.5, 0.6) is 0 Å². The summed E-state index contributed by atoms with van der Waals surface area (Å²) in [5.74, 6) is 0. The zero-order chi connectivity index (χ0) is 9.26. The van der Waals surface area contributed by atoms with Gasteiger partial charge in [0, 0.05) is 10.0 Å². The van der Waals surface area contributed by atoms with Gasteiger partial charge >= 0.3 is 0 Å². The average molecular weight is 303 g/mol. The number of aromatic amines is 1. The summed E-state index contributed by atoms with van der Waals surface area (Å²) in [5.41, 5.74) is 1.83. The van der Waals surface area contributed by atoms with Crippen LogP contribution in [0.2, 0.25) is 0 Å². The minimum atomic E-state index is 0.722. The molecule has 0 aliphatic carbocycles. The molecule has 5 heteroatoms. The van der Waals surface area contributed by atoms with E-state index in [4.69, 9.17) is 0 Å². The molecule has 1 N–H and O–H groups in total. The summed E-state index contributed by atoms with van der Waals surface area (Å²) in [6.45, 7) is 0. The molecule has 0 fully saturated rings. The minimum absolute atomic E-state index is 0.722. The molecule has 0 bridgehead atoms. The van der Waals surface area contributed by atoms with Gasteiger partial charge in [-0.25, -0.2) is 0 Å². The molecule has 1 heterocycles. The highest BCUT2D eigenvalue weighted by Gasteiger charge is 2.09. The first-order valence-corrected chi connectivity index (χ1v) is 5.19. The van der Waals surface area contributed by atoms with E-state index in [2.05, 4.69) is 47.3 Å². The lowest BCUT2D eigenvalue weighted by molar-refractivity contribution is 0.935. The Bertz CT molecular complexity index is 425. The molecular weight excluding hydrogens is 298 g/mol. The van der Waals surface area contributed by atoms with Crippen molar-refractivity contribution in [2.24, 2.45) is 0 Å². The molecule has 0 spiro atoms. The molecule has 0 amide bonds. The van der Waals surface area contributed by atoms with E-state index in [0.717, 1.165) is 20.3 Å². The van der Waals surface area contributed by atoms with Gasteiger partial charge in [0.2, 0.25) is 0 Å². The van der Waals surface area contributed by atoms with Crippen LogP contribution in [0.25, 0.3) is 11.3 Å². The molecule has 2 rings (SSSR count). The Balaban J connectivity index is 2.59. The van der Waals surface area contributed by atoms with Gasteiger partial charge in [-0.3, -0.25) is 0 Å². The van der Waals surface area contributed by atoms with E-state index in [9.17, 15) is 0 Å². The summed E-state index contributed by atoms with van der Waals surface area (Å²) < 4.78 is 1.73. The van der Waals surface area contributed by atoms with Crippen LogP contribution in [0.4, 0.5) is 0 Å². The number of benzene rings is 1. The van der Waals surface area contributed by atoms with Gasteiger partial charge in [0.05, 0.1) is 0 Å². The third kappa shape index (κ3) is 1.66. The summed E-state index contributed by atoms with van der Waals surface area (Å²) in [7, 11) is 0. The van der Waals surface area contributed by atoms with Gasteiger partial charge in [-0.1, -0.05) is 34.1 Å². The lowest BCUT2D eigenvalue weighted by Gasteiger charge is -1.98. The number of rotatable bonds is 1. The molecule has 0 saturated carbocycles. The normalized spacial score (nSPS) is 10.3. The van der Waals surface area contributed by atoms with Crippen LogP contribution in [0.1, 0.15) is 0 Å². The summed E-state index contributed by atoms with van der Waals surface area (Å²) in [5, 5.41) is 10.5. The molecule has 0 radical (unpaired) electrons. The topological polar surface area (TPSA) is 41.6 Å². The first kappa shape index (κ1) is 8.90. The van der Waals surface area contributed by atoms with E-state index in [-0.39, 0.29) is 0 Å². The Kier molecular flexibility index (Phi) is 2.46. The third-order valence-corrected chi connectivity index (χ3v) is 2.88. The Morgan fingerprint density at radius 3 is 2.46 bits per heavy atom. The third-order valence-electron chi connectivity index (χ3n) is 1.63. The van der Waals surface area contributed by atoms with E-state index in [1.165, 1.54) is 0 Å². The van der Waals surface area contributed by atoms with Crippen molar-refractivity contribution in [1.29, 1.82) is 0 Å². The molecule has 0 atom stereocenters. The smallest absolute Gasteiger partial charge is 0.156 e. The standard InChI is InChI=1S/C8H5Br2N3/c9-6-4-2-1-3-5(6)7-8(10)12-13-11-7/h1-4H,(H,11,12,13). The maximum Gasteiger partial charge on any atom is 0.156 e. The van der Waals surface area contributed by atoms with Crippen LogP contribution in [-0.4, -0.2) is 15.4 Å². The van der Waals surface area contributed by atoms with Crippen molar-refractivity contribution >= 4 is 31.9 Å². The zero-order valence-corrected chi connectivity index (χ0v) is 9.63. The first-order chi connectivity index (χ1) is 6.29. The second-order valence-corrected chi connectivity index (χ2v) is 4.05. The molecule has 0 aliphatic heterocycles. The number of H-pyrrole nitrogens is 1. The maximum atomic E-state index is 4.03. The molecule has 13 heavy (non-hydrogen) atoms. The van der Waals surface area contributed by atoms with Gasteiger partial charge in [-0.05, 0) is 22.0 Å². The largest absolute Gasteiger partial charge is 0.196 e. The number of nitrogens with zero attached hydrogens (tertiary/aromatic N) is 2. The lowest BCUT2D eigenvalue weighted by Crippen LogP contribution is -1.80. The Morgan fingerprint density at radius 2 is 1.85 bits per heavy atom. The van der Waals surface area contributed by atoms with Crippen molar-refractivity contribution in [3.05, 3.63) is 33.3 Å². The molecule has 1 aromatic heterocycles. The molecule has 2 aromatic rings. The molecule has 0 aliphatic rings. The Labute approximate surface area is 91.8 Å². The second-order valence-electron chi connectivity index (χ2n) is 2.44. The average Bonchev–Trinajstić information content (AvgIpc) is 2.52. The van der Waals surface area contributed by atoms with Gasteiger partial charge < -0.3 is 0 Å². The van der Waals surface area contributed by atoms with Crippen LogP contribution < -0.4 is 0 Å². The Morgan fingerprint density at radius 1 is 1.08 bits per heavy atom. The van der Waals surface area contributed by atoms with Crippen molar-refractivity contribution in [3.8, 4) is 11.3 Å². The fraction of sp³-hybridized carbons (Fsp3) is 0. The predicted octanol–water partition coefficient (Wildman–Crippen LogP) is 3.00. The predicted molar refractivity (Wildman–Crippen MR) is 57.2 cm³/mol. The SMILES string of the molecule is Brc1ccccc1-c1n[nH]nc1Br. The van der Waals surface area contributed by atoms with Gasteiger partial charge in [-0.2, -0.15) is 10.3 Å². The number of aromatic nitrogens is 3. The molecule has 1 aromatic carbocycles. The van der Waals surface area contributed by atoms with Crippen LogP contribution in [0.3, 0.4) is 0 Å². The lowest BCUT2D eigenvalue weighted by atomic mass is 10.2. The highest BCUT2D eigenvalue weighted by Crippen LogP contribution is 2.29. The molecule has 3 nitrogen and oxygen atoms in total. The summed E-state index contributed by atoms with van der Waals surface area (Å²) in [6.07, 6.45) is 0. The zero-order valence-electron chi connectivity index (χ0n) is 6.46. The van der Waals surface area contributed by atoms with Gasteiger partial charge in [0.25, 0.3) is 0 Å². The highest BCUT2D eigenvalue weighted by molar-refractivity contribution is 9.11. The molecule has 0 saturated heterocycles. The summed E-state index contributed by atoms with van der Waals surface area (Å²) in [6, 6.07) is 7.87. The molecule has 66 valence electrons. The van der Waals surface area contributed by atoms with E-state index >= 15 is 0 Å². The quantitative estimate of drug-likeness (QED) is 0.880.